The molecule has 1 heterocycles. The molecule has 2 N–H and O–H groups in total. The first-order chi connectivity index (χ1) is 8.06. The number of aryl methyl sites for hydroxylation is 2. The van der Waals surface area contributed by atoms with Crippen LogP contribution in [0.5, 0.6) is 0 Å². The maximum atomic E-state index is 12.0. The Hall–Kier alpha value is -2.10. The number of benzene rings is 1. The normalized spacial score (nSPS) is 10.5. The lowest BCUT2D eigenvalue weighted by Gasteiger charge is -2.03. The molecular weight excluding hydrogens is 214 g/mol. The van der Waals surface area contributed by atoms with Crippen molar-refractivity contribution in [1.29, 1.82) is 0 Å². The predicted octanol–water partition coefficient (Wildman–Crippen LogP) is 1.74. The zero-order chi connectivity index (χ0) is 12.4. The van der Waals surface area contributed by atoms with Gasteiger partial charge in [0.05, 0.1) is 12.1 Å². The second-order valence-electron chi connectivity index (χ2n) is 4.15. The molecule has 0 aliphatic rings. The van der Waals surface area contributed by atoms with Crippen LogP contribution in [0.4, 0.5) is 5.69 Å². The Balaban J connectivity index is 2.17. The van der Waals surface area contributed by atoms with Crippen molar-refractivity contribution < 1.29 is 4.79 Å². The summed E-state index contributed by atoms with van der Waals surface area (Å²) in [4.78, 5) is 12.0. The van der Waals surface area contributed by atoms with Gasteiger partial charge in [-0.2, -0.15) is 5.10 Å². The van der Waals surface area contributed by atoms with Crippen LogP contribution in [-0.2, 0) is 13.5 Å². The molecule has 88 valence electrons. The molecule has 0 spiro atoms. The van der Waals surface area contributed by atoms with Gasteiger partial charge in [0.1, 0.15) is 0 Å². The lowest BCUT2D eigenvalue weighted by atomic mass is 10.0. The first-order valence-electron chi connectivity index (χ1n) is 5.44. The fourth-order valence-corrected chi connectivity index (χ4v) is 1.64. The number of nitrogens with zero attached hydrogens (tertiary/aromatic N) is 2. The molecule has 0 aliphatic carbocycles. The number of hydrogen-bond donors (Lipinski definition) is 1. The zero-order valence-corrected chi connectivity index (χ0v) is 9.97. The molecular formula is C13H15N3O. The minimum Gasteiger partial charge on any atom is -0.398 e. The van der Waals surface area contributed by atoms with E-state index in [-0.39, 0.29) is 5.78 Å². The van der Waals surface area contributed by atoms with Gasteiger partial charge < -0.3 is 5.73 Å². The van der Waals surface area contributed by atoms with Crippen molar-refractivity contribution in [3.05, 3.63) is 47.3 Å². The van der Waals surface area contributed by atoms with Crippen molar-refractivity contribution in [2.75, 3.05) is 5.73 Å². The quantitative estimate of drug-likeness (QED) is 0.644. The Labute approximate surface area is 100 Å². The molecule has 0 saturated carbocycles. The molecule has 1 aromatic carbocycles. The average Bonchev–Trinajstić information content (AvgIpc) is 2.68. The van der Waals surface area contributed by atoms with E-state index in [1.165, 1.54) is 0 Å². The highest BCUT2D eigenvalue weighted by molar-refractivity contribution is 5.98. The molecule has 0 fully saturated rings. The van der Waals surface area contributed by atoms with Gasteiger partial charge in [-0.05, 0) is 24.6 Å². The van der Waals surface area contributed by atoms with Crippen LogP contribution in [-0.4, -0.2) is 15.6 Å². The second kappa shape index (κ2) is 4.41. The summed E-state index contributed by atoms with van der Waals surface area (Å²) in [6.07, 6.45) is 2.13. The SMILES string of the molecule is Cc1ccc(C(=O)Cc2ccn(C)n2)cc1N. The third kappa shape index (κ3) is 2.53. The number of aromatic nitrogens is 2. The number of nitrogen functional groups attached to an aromatic ring is 1. The summed E-state index contributed by atoms with van der Waals surface area (Å²) in [5, 5.41) is 4.18. The highest BCUT2D eigenvalue weighted by Crippen LogP contribution is 2.14. The predicted molar refractivity (Wildman–Crippen MR) is 66.8 cm³/mol. The molecule has 0 aliphatic heterocycles. The van der Waals surface area contributed by atoms with Gasteiger partial charge in [-0.3, -0.25) is 9.48 Å². The van der Waals surface area contributed by atoms with E-state index in [1.807, 2.05) is 32.3 Å². The monoisotopic (exact) mass is 229 g/mol. The molecule has 17 heavy (non-hydrogen) atoms. The van der Waals surface area contributed by atoms with Crippen LogP contribution in [0, 0.1) is 6.92 Å². The molecule has 2 aromatic rings. The number of hydrogen-bond acceptors (Lipinski definition) is 3. The molecule has 0 unspecified atom stereocenters. The van der Waals surface area contributed by atoms with E-state index in [4.69, 9.17) is 5.73 Å². The molecule has 2 rings (SSSR count). The number of anilines is 1. The summed E-state index contributed by atoms with van der Waals surface area (Å²) < 4.78 is 1.69. The minimum atomic E-state index is 0.0374. The van der Waals surface area contributed by atoms with E-state index in [0.29, 0.717) is 17.7 Å². The second-order valence-corrected chi connectivity index (χ2v) is 4.15. The van der Waals surface area contributed by atoms with E-state index < -0.39 is 0 Å². The minimum absolute atomic E-state index is 0.0374. The van der Waals surface area contributed by atoms with Gasteiger partial charge in [-0.1, -0.05) is 12.1 Å². The lowest BCUT2D eigenvalue weighted by molar-refractivity contribution is 0.0992. The largest absolute Gasteiger partial charge is 0.398 e. The topological polar surface area (TPSA) is 60.9 Å². The van der Waals surface area contributed by atoms with Gasteiger partial charge >= 0.3 is 0 Å². The first-order valence-corrected chi connectivity index (χ1v) is 5.44. The van der Waals surface area contributed by atoms with Gasteiger partial charge in [-0.25, -0.2) is 0 Å². The number of carbonyl (C=O) groups excluding carboxylic acids is 1. The van der Waals surface area contributed by atoms with Crippen LogP contribution in [0.15, 0.2) is 30.5 Å². The van der Waals surface area contributed by atoms with Gasteiger partial charge in [0.15, 0.2) is 5.78 Å². The molecule has 4 heteroatoms. The summed E-state index contributed by atoms with van der Waals surface area (Å²) in [6.45, 7) is 1.92. The Morgan fingerprint density at radius 1 is 1.41 bits per heavy atom. The van der Waals surface area contributed by atoms with Gasteiger partial charge in [0.25, 0.3) is 0 Å². The van der Waals surface area contributed by atoms with Crippen LogP contribution in [0.3, 0.4) is 0 Å². The van der Waals surface area contributed by atoms with E-state index in [2.05, 4.69) is 5.10 Å². The third-order valence-electron chi connectivity index (χ3n) is 2.71. The molecule has 0 atom stereocenters. The number of ketones is 1. The Kier molecular flexibility index (Phi) is 2.95. The first kappa shape index (κ1) is 11.4. The number of carbonyl (C=O) groups is 1. The van der Waals surface area contributed by atoms with Crippen molar-refractivity contribution in [1.82, 2.24) is 9.78 Å². The zero-order valence-electron chi connectivity index (χ0n) is 9.97. The molecule has 0 amide bonds. The van der Waals surface area contributed by atoms with Crippen molar-refractivity contribution >= 4 is 11.5 Å². The highest BCUT2D eigenvalue weighted by atomic mass is 16.1. The number of nitrogens with two attached hydrogens (primary N) is 1. The molecule has 4 nitrogen and oxygen atoms in total. The van der Waals surface area contributed by atoms with Gasteiger partial charge in [0.2, 0.25) is 0 Å². The van der Waals surface area contributed by atoms with Crippen molar-refractivity contribution in [3.8, 4) is 0 Å². The van der Waals surface area contributed by atoms with Gasteiger partial charge in [-0.15, -0.1) is 0 Å². The van der Waals surface area contributed by atoms with Gasteiger partial charge in [0, 0.05) is 24.5 Å². The number of rotatable bonds is 3. The molecule has 0 radical (unpaired) electrons. The van der Waals surface area contributed by atoms with E-state index in [9.17, 15) is 4.79 Å². The molecule has 0 saturated heterocycles. The standard InChI is InChI=1S/C13H15N3O/c1-9-3-4-10(7-12(9)14)13(17)8-11-5-6-16(2)15-11/h3-7H,8,14H2,1-2H3. The number of Topliss-reactive ketones (excluding diaryl/α,β-unsaturated/α-hetero) is 1. The fourth-order valence-electron chi connectivity index (χ4n) is 1.64. The van der Waals surface area contributed by atoms with E-state index in [0.717, 1.165) is 11.3 Å². The van der Waals surface area contributed by atoms with E-state index >= 15 is 0 Å². The maximum absolute atomic E-state index is 12.0. The molecule has 0 bridgehead atoms. The highest BCUT2D eigenvalue weighted by Gasteiger charge is 2.09. The third-order valence-corrected chi connectivity index (χ3v) is 2.71. The summed E-state index contributed by atoms with van der Waals surface area (Å²) in [6, 6.07) is 7.23. The Bertz CT molecular complexity index is 558. The Morgan fingerprint density at radius 2 is 2.18 bits per heavy atom. The lowest BCUT2D eigenvalue weighted by Crippen LogP contribution is -2.05. The smallest absolute Gasteiger partial charge is 0.168 e. The van der Waals surface area contributed by atoms with Crippen molar-refractivity contribution in [2.45, 2.75) is 13.3 Å². The average molecular weight is 229 g/mol. The van der Waals surface area contributed by atoms with E-state index in [1.54, 1.807) is 16.8 Å². The van der Waals surface area contributed by atoms with Crippen LogP contribution < -0.4 is 5.73 Å². The van der Waals surface area contributed by atoms with Crippen molar-refractivity contribution in [3.63, 3.8) is 0 Å². The Morgan fingerprint density at radius 3 is 2.76 bits per heavy atom. The fraction of sp³-hybridized carbons (Fsp3) is 0.231. The van der Waals surface area contributed by atoms with Crippen LogP contribution in [0.2, 0.25) is 0 Å². The summed E-state index contributed by atoms with van der Waals surface area (Å²) in [7, 11) is 1.83. The summed E-state index contributed by atoms with van der Waals surface area (Å²) >= 11 is 0. The van der Waals surface area contributed by atoms with Crippen LogP contribution >= 0.6 is 0 Å². The molecule has 1 aromatic heterocycles. The summed E-state index contributed by atoms with van der Waals surface area (Å²) in [5.74, 6) is 0.0374. The van der Waals surface area contributed by atoms with Crippen LogP contribution in [0.25, 0.3) is 0 Å². The van der Waals surface area contributed by atoms with Crippen LogP contribution in [0.1, 0.15) is 21.6 Å². The maximum Gasteiger partial charge on any atom is 0.168 e. The summed E-state index contributed by atoms with van der Waals surface area (Å²) in [5.41, 5.74) is 8.83. The van der Waals surface area contributed by atoms with Crippen molar-refractivity contribution in [2.24, 2.45) is 7.05 Å².